The van der Waals surface area contributed by atoms with Crippen molar-refractivity contribution in [2.45, 2.75) is 193 Å². The lowest BCUT2D eigenvalue weighted by molar-refractivity contribution is -0.870. The van der Waals surface area contributed by atoms with Crippen molar-refractivity contribution in [1.82, 2.24) is 0 Å². The van der Waals surface area contributed by atoms with Gasteiger partial charge in [0.25, 0.3) is 7.82 Å². The summed E-state index contributed by atoms with van der Waals surface area (Å²) in [7, 11) is 1.30. The number of hydrogen-bond donors (Lipinski definition) is 0. The molecule has 0 amide bonds. The Kier molecular flexibility index (Phi) is 37.9. The Labute approximate surface area is 339 Å². The second-order valence-electron chi connectivity index (χ2n) is 16.1. The van der Waals surface area contributed by atoms with Crippen LogP contribution in [-0.2, 0) is 27.9 Å². The molecule has 0 aromatic rings. The molecular formula is C46H86NO7P. The zero-order chi connectivity index (χ0) is 40.6. The number of phosphoric ester groups is 1. The third kappa shape index (κ3) is 43.3. The molecule has 0 aliphatic carbocycles. The van der Waals surface area contributed by atoms with Gasteiger partial charge in [-0.3, -0.25) is 9.36 Å². The summed E-state index contributed by atoms with van der Waals surface area (Å²) in [5.74, 6) is -0.393. The van der Waals surface area contributed by atoms with E-state index >= 15 is 0 Å². The summed E-state index contributed by atoms with van der Waals surface area (Å²) >= 11 is 0. The fraction of sp³-hybridized carbons (Fsp3) is 0.804. The molecule has 0 saturated carbocycles. The van der Waals surface area contributed by atoms with Crippen LogP contribution in [0.2, 0.25) is 0 Å². The van der Waals surface area contributed by atoms with Crippen LogP contribution in [0, 0.1) is 0 Å². The van der Waals surface area contributed by atoms with E-state index < -0.39 is 19.9 Å². The molecule has 2 atom stereocenters. The number of hydrogen-bond acceptors (Lipinski definition) is 7. The van der Waals surface area contributed by atoms with Crippen LogP contribution in [-0.4, -0.2) is 64.1 Å². The van der Waals surface area contributed by atoms with Crippen LogP contribution in [0.25, 0.3) is 0 Å². The van der Waals surface area contributed by atoms with Gasteiger partial charge in [-0.25, -0.2) is 0 Å². The summed E-state index contributed by atoms with van der Waals surface area (Å²) in [6, 6.07) is 0. The molecular weight excluding hydrogens is 709 g/mol. The normalized spacial score (nSPS) is 14.1. The van der Waals surface area contributed by atoms with Gasteiger partial charge in [0, 0.05) is 6.42 Å². The number of allylic oxidation sites excluding steroid dienone is 7. The lowest BCUT2D eigenvalue weighted by Gasteiger charge is -2.28. The van der Waals surface area contributed by atoms with E-state index in [2.05, 4.69) is 50.3 Å². The molecule has 0 fully saturated rings. The maximum atomic E-state index is 12.6. The van der Waals surface area contributed by atoms with Crippen LogP contribution in [0.4, 0.5) is 0 Å². The molecule has 0 spiro atoms. The van der Waals surface area contributed by atoms with E-state index in [1.165, 1.54) is 122 Å². The van der Waals surface area contributed by atoms with E-state index in [0.29, 0.717) is 17.4 Å². The highest BCUT2D eigenvalue weighted by Gasteiger charge is 2.20. The van der Waals surface area contributed by atoms with Crippen LogP contribution in [0.5, 0.6) is 0 Å². The minimum Gasteiger partial charge on any atom is -0.756 e. The standard InChI is InChI=1S/C46H86NO7P/c1-6-8-10-12-14-16-18-20-22-23-24-26-28-30-32-34-36-38-41-51-43-45(44-53-55(49,50)52-42-40-47(3,4)5)54-46(48)39-37-35-33-31-29-27-25-21-19-17-15-13-11-9-7-2/h15,17,21,25,29,31,38,41,45H,6-14,16,18-20,22-24,26-28,30,32-37,39-40,42-44H2,1-5H3/b17-15+,25-21+,31-29+,41-38+/t45-/m1/s1. The van der Waals surface area contributed by atoms with E-state index in [1.807, 2.05) is 27.2 Å². The van der Waals surface area contributed by atoms with E-state index in [4.69, 9.17) is 18.5 Å². The van der Waals surface area contributed by atoms with Crippen molar-refractivity contribution in [1.29, 1.82) is 0 Å². The van der Waals surface area contributed by atoms with E-state index in [9.17, 15) is 14.3 Å². The molecule has 0 aliphatic rings. The summed E-state index contributed by atoms with van der Waals surface area (Å²) in [5.41, 5.74) is 0. The summed E-state index contributed by atoms with van der Waals surface area (Å²) in [5, 5.41) is 0. The van der Waals surface area contributed by atoms with E-state index in [0.717, 1.165) is 38.5 Å². The van der Waals surface area contributed by atoms with Crippen molar-refractivity contribution in [2.75, 3.05) is 47.5 Å². The second kappa shape index (κ2) is 39.1. The molecule has 0 saturated heterocycles. The lowest BCUT2D eigenvalue weighted by Crippen LogP contribution is -2.37. The zero-order valence-corrected chi connectivity index (χ0v) is 37.3. The van der Waals surface area contributed by atoms with Gasteiger partial charge in [-0.15, -0.1) is 0 Å². The predicted octanol–water partition coefficient (Wildman–Crippen LogP) is 12.9. The molecule has 0 N–H and O–H groups in total. The SMILES string of the molecule is CCCCC/C=C/C/C=C/C/C=C/CCCCC(=O)O[C@H](CO/C=C/CCCCCCCCCCCCCCCCCC)COP(=O)([O-])OCC[N+](C)(C)C. The number of carbonyl (C=O) groups excluding carboxylic acids is 1. The van der Waals surface area contributed by atoms with Gasteiger partial charge >= 0.3 is 5.97 Å². The van der Waals surface area contributed by atoms with Gasteiger partial charge < -0.3 is 27.9 Å². The van der Waals surface area contributed by atoms with Gasteiger partial charge in [0.15, 0.2) is 6.10 Å². The molecule has 0 radical (unpaired) electrons. The molecule has 8 nitrogen and oxygen atoms in total. The fourth-order valence-electron chi connectivity index (χ4n) is 5.93. The van der Waals surface area contributed by atoms with Gasteiger partial charge in [-0.05, 0) is 63.9 Å². The number of quaternary nitrogens is 1. The molecule has 0 heterocycles. The van der Waals surface area contributed by atoms with Crippen LogP contribution >= 0.6 is 7.82 Å². The summed E-state index contributed by atoms with van der Waals surface area (Å²) in [4.78, 5) is 25.0. The largest absolute Gasteiger partial charge is 0.756 e. The predicted molar refractivity (Wildman–Crippen MR) is 231 cm³/mol. The maximum Gasteiger partial charge on any atom is 0.306 e. The Morgan fingerprint density at radius 2 is 1.02 bits per heavy atom. The number of unbranched alkanes of at least 4 members (excludes halogenated alkanes) is 21. The Morgan fingerprint density at radius 3 is 1.55 bits per heavy atom. The van der Waals surface area contributed by atoms with Crippen molar-refractivity contribution in [3.05, 3.63) is 48.8 Å². The molecule has 1 unspecified atom stereocenters. The minimum atomic E-state index is -4.55. The number of nitrogens with zero attached hydrogens (tertiary/aromatic N) is 1. The monoisotopic (exact) mass is 796 g/mol. The average Bonchev–Trinajstić information content (AvgIpc) is 3.13. The second-order valence-corrected chi connectivity index (χ2v) is 17.5. The molecule has 0 aromatic heterocycles. The van der Waals surface area contributed by atoms with Crippen molar-refractivity contribution in [3.63, 3.8) is 0 Å². The highest BCUT2D eigenvalue weighted by Crippen LogP contribution is 2.38. The molecule has 0 aromatic carbocycles. The van der Waals surface area contributed by atoms with Crippen molar-refractivity contribution in [2.24, 2.45) is 0 Å². The number of esters is 1. The topological polar surface area (TPSA) is 94.1 Å². The highest BCUT2D eigenvalue weighted by molar-refractivity contribution is 7.45. The van der Waals surface area contributed by atoms with E-state index in [-0.39, 0.29) is 26.2 Å². The number of ether oxygens (including phenoxy) is 2. The summed E-state index contributed by atoms with van der Waals surface area (Å²) in [6.45, 7) is 4.67. The van der Waals surface area contributed by atoms with Crippen LogP contribution < -0.4 is 4.89 Å². The van der Waals surface area contributed by atoms with Crippen LogP contribution in [0.15, 0.2) is 48.8 Å². The smallest absolute Gasteiger partial charge is 0.306 e. The number of phosphoric acid groups is 1. The highest BCUT2D eigenvalue weighted by atomic mass is 31.2. The first kappa shape index (κ1) is 53.3. The zero-order valence-electron chi connectivity index (χ0n) is 36.4. The molecule has 9 heteroatoms. The molecule has 322 valence electrons. The summed E-state index contributed by atoms with van der Waals surface area (Å²) < 4.78 is 34.3. The third-order valence-electron chi connectivity index (χ3n) is 9.45. The van der Waals surface area contributed by atoms with Gasteiger partial charge in [-0.1, -0.05) is 159 Å². The number of likely N-dealkylation sites (N-methyl/N-ethyl adjacent to an activating group) is 1. The molecule has 0 bridgehead atoms. The molecule has 0 rings (SSSR count). The molecule has 55 heavy (non-hydrogen) atoms. The van der Waals surface area contributed by atoms with Crippen molar-refractivity contribution >= 4 is 13.8 Å². The number of rotatable bonds is 41. The Balaban J connectivity index is 4.32. The number of carbonyl (C=O) groups is 1. The maximum absolute atomic E-state index is 12.6. The first-order valence-electron chi connectivity index (χ1n) is 22.4. The average molecular weight is 796 g/mol. The lowest BCUT2D eigenvalue weighted by atomic mass is 10.0. The molecule has 0 aliphatic heterocycles. The van der Waals surface area contributed by atoms with Crippen molar-refractivity contribution < 1.29 is 37.3 Å². The van der Waals surface area contributed by atoms with E-state index in [1.54, 1.807) is 6.26 Å². The van der Waals surface area contributed by atoms with Crippen LogP contribution in [0.1, 0.15) is 187 Å². The Hall–Kier alpha value is -1.70. The van der Waals surface area contributed by atoms with Gasteiger partial charge in [-0.2, -0.15) is 0 Å². The first-order chi connectivity index (χ1) is 26.6. The van der Waals surface area contributed by atoms with Gasteiger partial charge in [0.05, 0.1) is 34.0 Å². The van der Waals surface area contributed by atoms with Gasteiger partial charge in [0.2, 0.25) is 0 Å². The first-order valence-corrected chi connectivity index (χ1v) is 23.9. The van der Waals surface area contributed by atoms with Gasteiger partial charge in [0.1, 0.15) is 19.8 Å². The Bertz CT molecular complexity index is 1020. The van der Waals surface area contributed by atoms with Crippen molar-refractivity contribution in [3.8, 4) is 0 Å². The third-order valence-corrected chi connectivity index (χ3v) is 10.4. The van der Waals surface area contributed by atoms with Crippen LogP contribution in [0.3, 0.4) is 0 Å². The Morgan fingerprint density at radius 1 is 0.582 bits per heavy atom. The minimum absolute atomic E-state index is 0.00494. The summed E-state index contributed by atoms with van der Waals surface area (Å²) in [6.07, 6.45) is 47.9. The quantitative estimate of drug-likeness (QED) is 0.0152. The fourth-order valence-corrected chi connectivity index (χ4v) is 6.66.